The van der Waals surface area contributed by atoms with Gasteiger partial charge in [-0.05, 0) is 36.6 Å². The van der Waals surface area contributed by atoms with Gasteiger partial charge in [0.05, 0.1) is 23.4 Å². The topological polar surface area (TPSA) is 143 Å². The van der Waals surface area contributed by atoms with E-state index in [0.717, 1.165) is 22.4 Å². The summed E-state index contributed by atoms with van der Waals surface area (Å²) in [6, 6.07) is 8.30. The first-order chi connectivity index (χ1) is 14.9. The van der Waals surface area contributed by atoms with Crippen LogP contribution < -0.4 is 21.7 Å². The maximum Gasteiger partial charge on any atom is 0.240 e. The molecule has 1 aliphatic heterocycles. The lowest BCUT2D eigenvalue weighted by atomic mass is 9.87. The van der Waals surface area contributed by atoms with E-state index in [0.29, 0.717) is 31.0 Å². The van der Waals surface area contributed by atoms with Crippen molar-refractivity contribution in [3.8, 4) is 0 Å². The summed E-state index contributed by atoms with van der Waals surface area (Å²) < 4.78 is 0. The highest BCUT2D eigenvalue weighted by atomic mass is 35.5. The van der Waals surface area contributed by atoms with Crippen LogP contribution in [0.2, 0.25) is 5.02 Å². The third-order valence-electron chi connectivity index (χ3n) is 5.72. The number of benzene rings is 1. The Balaban J connectivity index is 1.46. The van der Waals surface area contributed by atoms with Gasteiger partial charge >= 0.3 is 0 Å². The van der Waals surface area contributed by atoms with Gasteiger partial charge in [-0.25, -0.2) is 9.97 Å². The first-order valence-electron chi connectivity index (χ1n) is 10.0. The molecule has 9 nitrogen and oxygen atoms in total. The minimum absolute atomic E-state index is 0.0258. The molecule has 3 aromatic rings. The number of primary amides is 1. The van der Waals surface area contributed by atoms with E-state index in [-0.39, 0.29) is 12.3 Å². The quantitative estimate of drug-likeness (QED) is 0.458. The largest absolute Gasteiger partial charge is 0.370 e. The van der Waals surface area contributed by atoms with Gasteiger partial charge in [-0.1, -0.05) is 23.7 Å². The summed E-state index contributed by atoms with van der Waals surface area (Å²) in [6.45, 7) is 1.14. The number of nitrogens with zero attached hydrogens (tertiary/aromatic N) is 3. The average Bonchev–Trinajstić information content (AvgIpc) is 3.23. The fourth-order valence-electron chi connectivity index (χ4n) is 3.91. The molecule has 162 valence electrons. The molecule has 3 heterocycles. The van der Waals surface area contributed by atoms with Crippen LogP contribution in [-0.2, 0) is 9.59 Å². The molecule has 10 heteroatoms. The van der Waals surface area contributed by atoms with Gasteiger partial charge in [0.2, 0.25) is 11.8 Å². The number of amides is 2. The zero-order valence-electron chi connectivity index (χ0n) is 16.8. The highest BCUT2D eigenvalue weighted by Gasteiger charge is 2.39. The molecule has 0 bridgehead atoms. The van der Waals surface area contributed by atoms with Gasteiger partial charge in [-0.2, -0.15) is 0 Å². The standard InChI is InChI=1S/C21H24ClN7O2/c22-14-3-1-13(2-4-14)16(11-17(23)30)28-20(31)21(24)6-9-29(10-7-21)19-15-5-8-25-18(15)26-12-27-19/h1-5,8,12,16H,6-7,9-11,24H2,(H2,23,30)(H,28,31)(H,25,26,27). The number of anilines is 1. The lowest BCUT2D eigenvalue weighted by Crippen LogP contribution is -2.60. The van der Waals surface area contributed by atoms with Crippen LogP contribution in [0.1, 0.15) is 30.9 Å². The Bertz CT molecular complexity index is 1090. The number of aromatic amines is 1. The molecule has 0 radical (unpaired) electrons. The number of carbonyl (C=O) groups excluding carboxylic acids is 2. The van der Waals surface area contributed by atoms with Gasteiger partial charge in [0.1, 0.15) is 17.8 Å². The zero-order valence-corrected chi connectivity index (χ0v) is 17.6. The Morgan fingerprint density at radius 3 is 2.58 bits per heavy atom. The molecule has 31 heavy (non-hydrogen) atoms. The van der Waals surface area contributed by atoms with Crippen molar-refractivity contribution >= 4 is 40.3 Å². The molecule has 1 aliphatic rings. The van der Waals surface area contributed by atoms with Crippen molar-refractivity contribution in [2.75, 3.05) is 18.0 Å². The Morgan fingerprint density at radius 1 is 1.19 bits per heavy atom. The van der Waals surface area contributed by atoms with E-state index >= 15 is 0 Å². The van der Waals surface area contributed by atoms with E-state index in [4.69, 9.17) is 23.1 Å². The van der Waals surface area contributed by atoms with Crippen molar-refractivity contribution in [3.05, 3.63) is 53.4 Å². The minimum atomic E-state index is -1.05. The molecule has 0 spiro atoms. The van der Waals surface area contributed by atoms with E-state index in [9.17, 15) is 9.59 Å². The molecule has 1 aromatic carbocycles. The van der Waals surface area contributed by atoms with Crippen molar-refractivity contribution in [2.45, 2.75) is 30.8 Å². The number of hydrogen-bond acceptors (Lipinski definition) is 6. The second-order valence-electron chi connectivity index (χ2n) is 7.83. The molecule has 1 saturated heterocycles. The fraction of sp³-hybridized carbons (Fsp3) is 0.333. The smallest absolute Gasteiger partial charge is 0.240 e. The first-order valence-corrected chi connectivity index (χ1v) is 10.4. The monoisotopic (exact) mass is 441 g/mol. The number of halogens is 1. The van der Waals surface area contributed by atoms with Crippen LogP contribution in [0.25, 0.3) is 11.0 Å². The summed E-state index contributed by atoms with van der Waals surface area (Å²) in [7, 11) is 0. The van der Waals surface area contributed by atoms with Crippen molar-refractivity contribution in [1.82, 2.24) is 20.3 Å². The van der Waals surface area contributed by atoms with Gasteiger partial charge in [-0.3, -0.25) is 9.59 Å². The van der Waals surface area contributed by atoms with Gasteiger partial charge in [-0.15, -0.1) is 0 Å². The van der Waals surface area contributed by atoms with Gasteiger partial charge in [0.15, 0.2) is 0 Å². The van der Waals surface area contributed by atoms with Crippen LogP contribution in [0.15, 0.2) is 42.9 Å². The number of fused-ring (bicyclic) bond motifs is 1. The van der Waals surface area contributed by atoms with Crippen molar-refractivity contribution in [3.63, 3.8) is 0 Å². The van der Waals surface area contributed by atoms with Gasteiger partial charge in [0.25, 0.3) is 0 Å². The van der Waals surface area contributed by atoms with Gasteiger partial charge < -0.3 is 26.7 Å². The average molecular weight is 442 g/mol. The summed E-state index contributed by atoms with van der Waals surface area (Å²) >= 11 is 5.95. The maximum absolute atomic E-state index is 13.1. The highest BCUT2D eigenvalue weighted by Crippen LogP contribution is 2.29. The number of carbonyl (C=O) groups is 2. The van der Waals surface area contributed by atoms with Crippen LogP contribution in [0.5, 0.6) is 0 Å². The third-order valence-corrected chi connectivity index (χ3v) is 5.98. The van der Waals surface area contributed by atoms with E-state index in [1.807, 2.05) is 12.3 Å². The molecule has 1 atom stereocenters. The van der Waals surface area contributed by atoms with Crippen molar-refractivity contribution < 1.29 is 9.59 Å². The summed E-state index contributed by atoms with van der Waals surface area (Å²) in [5, 5.41) is 4.42. The molecule has 2 aromatic heterocycles. The molecule has 0 saturated carbocycles. The fourth-order valence-corrected chi connectivity index (χ4v) is 4.03. The lowest BCUT2D eigenvalue weighted by Gasteiger charge is -2.39. The van der Waals surface area contributed by atoms with E-state index in [1.54, 1.807) is 24.3 Å². The van der Waals surface area contributed by atoms with Crippen LogP contribution >= 0.6 is 11.6 Å². The van der Waals surface area contributed by atoms with E-state index in [2.05, 4.69) is 25.2 Å². The maximum atomic E-state index is 13.1. The summed E-state index contributed by atoms with van der Waals surface area (Å²) in [5.41, 5.74) is 12.4. The Kier molecular flexibility index (Phi) is 5.79. The SMILES string of the molecule is NC(=O)CC(NC(=O)C1(N)CCN(c2ncnc3[nH]ccc23)CC1)c1ccc(Cl)cc1. The Labute approximate surface area is 184 Å². The molecule has 0 aliphatic carbocycles. The zero-order chi connectivity index (χ0) is 22.0. The van der Waals surface area contributed by atoms with Crippen molar-refractivity contribution in [2.24, 2.45) is 11.5 Å². The van der Waals surface area contributed by atoms with Crippen molar-refractivity contribution in [1.29, 1.82) is 0 Å². The number of piperidine rings is 1. The predicted octanol–water partition coefficient (Wildman–Crippen LogP) is 1.64. The Morgan fingerprint density at radius 2 is 1.90 bits per heavy atom. The molecule has 4 rings (SSSR count). The van der Waals surface area contributed by atoms with Crippen LogP contribution in [0.4, 0.5) is 5.82 Å². The lowest BCUT2D eigenvalue weighted by molar-refractivity contribution is -0.128. The van der Waals surface area contributed by atoms with Crippen LogP contribution in [-0.4, -0.2) is 45.4 Å². The summed E-state index contributed by atoms with van der Waals surface area (Å²) in [5.74, 6) is 0.00438. The number of rotatable bonds is 6. The molecule has 1 unspecified atom stereocenters. The number of aromatic nitrogens is 3. The number of hydrogen-bond donors (Lipinski definition) is 4. The highest BCUT2D eigenvalue weighted by molar-refractivity contribution is 6.30. The van der Waals surface area contributed by atoms with Crippen LogP contribution in [0, 0.1) is 0 Å². The predicted molar refractivity (Wildman–Crippen MR) is 118 cm³/mol. The summed E-state index contributed by atoms with van der Waals surface area (Å²) in [6.07, 6.45) is 4.20. The van der Waals surface area contributed by atoms with Gasteiger partial charge in [0, 0.05) is 24.3 Å². The third kappa shape index (κ3) is 4.47. The number of nitrogens with two attached hydrogens (primary N) is 2. The van der Waals surface area contributed by atoms with E-state index in [1.165, 1.54) is 6.33 Å². The molecule has 6 N–H and O–H groups in total. The molecule has 1 fully saturated rings. The second-order valence-corrected chi connectivity index (χ2v) is 8.26. The minimum Gasteiger partial charge on any atom is -0.370 e. The molecular weight excluding hydrogens is 418 g/mol. The first kappa shape index (κ1) is 21.1. The van der Waals surface area contributed by atoms with Crippen LogP contribution in [0.3, 0.4) is 0 Å². The van der Waals surface area contributed by atoms with E-state index < -0.39 is 17.5 Å². The number of H-pyrrole nitrogens is 1. The number of nitrogens with one attached hydrogen (secondary N) is 2. The molecular formula is C21H24ClN7O2. The normalized spacial score (nSPS) is 16.8. The Hall–Kier alpha value is -3.17. The second kappa shape index (κ2) is 8.52. The summed E-state index contributed by atoms with van der Waals surface area (Å²) in [4.78, 5) is 38.5. The molecule has 2 amide bonds.